The minimum atomic E-state index is -0.318. The molecule has 2 aliphatic rings. The number of pyridine rings is 1. The van der Waals surface area contributed by atoms with Gasteiger partial charge >= 0.3 is 0 Å². The summed E-state index contributed by atoms with van der Waals surface area (Å²) in [7, 11) is 0. The van der Waals surface area contributed by atoms with Gasteiger partial charge in [-0.1, -0.05) is 23.2 Å². The van der Waals surface area contributed by atoms with Crippen molar-refractivity contribution in [2.75, 3.05) is 13.1 Å². The van der Waals surface area contributed by atoms with Crippen molar-refractivity contribution in [2.24, 2.45) is 5.73 Å². The van der Waals surface area contributed by atoms with E-state index in [1.54, 1.807) is 30.5 Å². The molecular weight excluding hydrogens is 424 g/mol. The van der Waals surface area contributed by atoms with E-state index in [1.165, 1.54) is 6.07 Å². The maximum atomic E-state index is 14.3. The quantitative estimate of drug-likeness (QED) is 0.605. The van der Waals surface area contributed by atoms with E-state index in [2.05, 4.69) is 9.88 Å². The average molecular weight is 446 g/mol. The minimum Gasteiger partial charge on any atom is -0.482 e. The molecule has 0 unspecified atom stereocenters. The lowest BCUT2D eigenvalue weighted by atomic mass is 10.0. The van der Waals surface area contributed by atoms with E-state index in [4.69, 9.17) is 33.7 Å². The molecular formula is C23H22Cl2FN3O. The number of ether oxygens (including phenoxy) is 1. The Bertz CT molecular complexity index is 1110. The second-order valence-corrected chi connectivity index (χ2v) is 8.95. The highest BCUT2D eigenvalue weighted by Gasteiger charge is 2.41. The van der Waals surface area contributed by atoms with Gasteiger partial charge in [-0.2, -0.15) is 0 Å². The van der Waals surface area contributed by atoms with Crippen LogP contribution in [0.15, 0.2) is 42.6 Å². The Morgan fingerprint density at radius 1 is 1.20 bits per heavy atom. The normalized spacial score (nSPS) is 24.2. The zero-order chi connectivity index (χ0) is 20.8. The first kappa shape index (κ1) is 20.0. The summed E-state index contributed by atoms with van der Waals surface area (Å²) >= 11 is 12.9. The van der Waals surface area contributed by atoms with Crippen LogP contribution in [0, 0.1) is 5.82 Å². The van der Waals surface area contributed by atoms with Crippen molar-refractivity contribution in [3.63, 3.8) is 0 Å². The predicted molar refractivity (Wildman–Crippen MR) is 118 cm³/mol. The molecule has 30 heavy (non-hydrogen) atoms. The molecule has 1 fully saturated rings. The standard InChI is InChI=1S/C23H22Cl2FN3O/c24-13-9-17-16(18(25)10-13)11-20(29-8-2-3-14(27)12-29)23(17)30-21-6-5-19(26)15-4-1-7-28-22(15)21/h1,4-7,9-10,14,20,23H,2-3,8,11-12,27H2/t14-,20+,23-/m1/s1. The zero-order valence-electron chi connectivity index (χ0n) is 16.3. The first-order valence-corrected chi connectivity index (χ1v) is 10.9. The second kappa shape index (κ2) is 7.97. The van der Waals surface area contributed by atoms with Gasteiger partial charge in [0.1, 0.15) is 23.2 Å². The van der Waals surface area contributed by atoms with Crippen LogP contribution < -0.4 is 10.5 Å². The number of nitrogens with two attached hydrogens (primary N) is 1. The third-order valence-corrected chi connectivity index (χ3v) is 6.71. The summed E-state index contributed by atoms with van der Waals surface area (Å²) in [4.78, 5) is 6.77. The summed E-state index contributed by atoms with van der Waals surface area (Å²) in [5, 5.41) is 1.66. The summed E-state index contributed by atoms with van der Waals surface area (Å²) in [6.45, 7) is 1.77. The van der Waals surface area contributed by atoms with Crippen molar-refractivity contribution in [1.29, 1.82) is 0 Å². The largest absolute Gasteiger partial charge is 0.482 e. The third kappa shape index (κ3) is 3.54. The number of rotatable bonds is 3. The number of hydrogen-bond donors (Lipinski definition) is 1. The van der Waals surface area contributed by atoms with Gasteiger partial charge in [-0.05, 0) is 67.8 Å². The van der Waals surface area contributed by atoms with Crippen LogP contribution in [0.5, 0.6) is 5.75 Å². The molecule has 0 spiro atoms. The first-order chi connectivity index (χ1) is 14.5. The van der Waals surface area contributed by atoms with E-state index in [0.717, 1.165) is 43.5 Å². The summed E-state index contributed by atoms with van der Waals surface area (Å²) in [5.41, 5.74) is 8.79. The van der Waals surface area contributed by atoms with Crippen LogP contribution in [-0.4, -0.2) is 35.1 Å². The number of benzene rings is 2. The van der Waals surface area contributed by atoms with Gasteiger partial charge in [0.2, 0.25) is 0 Å². The van der Waals surface area contributed by atoms with Crippen LogP contribution in [0.4, 0.5) is 4.39 Å². The fourth-order valence-corrected chi connectivity index (χ4v) is 5.35. The third-order valence-electron chi connectivity index (χ3n) is 6.16. The molecule has 156 valence electrons. The molecule has 7 heteroatoms. The van der Waals surface area contributed by atoms with Gasteiger partial charge < -0.3 is 10.5 Å². The maximum absolute atomic E-state index is 14.3. The van der Waals surface area contributed by atoms with Gasteiger partial charge in [-0.3, -0.25) is 9.88 Å². The Hall–Kier alpha value is -1.92. The fourth-order valence-electron chi connectivity index (χ4n) is 4.76. The Morgan fingerprint density at radius 2 is 2.07 bits per heavy atom. The van der Waals surface area contributed by atoms with Gasteiger partial charge in [0, 0.05) is 39.8 Å². The maximum Gasteiger partial charge on any atom is 0.146 e. The number of likely N-dealkylation sites (tertiary alicyclic amines) is 1. The summed E-state index contributed by atoms with van der Waals surface area (Å²) in [5.74, 6) is 0.231. The lowest BCUT2D eigenvalue weighted by Crippen LogP contribution is -2.49. The highest BCUT2D eigenvalue weighted by atomic mass is 35.5. The van der Waals surface area contributed by atoms with Crippen LogP contribution in [0.1, 0.15) is 30.1 Å². The van der Waals surface area contributed by atoms with Crippen molar-refractivity contribution < 1.29 is 9.13 Å². The Labute approximate surface area is 184 Å². The number of piperidine rings is 1. The number of aromatic nitrogens is 1. The molecule has 3 aromatic rings. The second-order valence-electron chi connectivity index (χ2n) is 8.11. The van der Waals surface area contributed by atoms with Crippen LogP contribution in [0.25, 0.3) is 10.9 Å². The molecule has 0 radical (unpaired) electrons. The highest BCUT2D eigenvalue weighted by Crippen LogP contribution is 2.44. The molecule has 2 aromatic carbocycles. The summed E-state index contributed by atoms with van der Waals surface area (Å²) < 4.78 is 20.8. The topological polar surface area (TPSA) is 51.4 Å². The molecule has 0 amide bonds. The Kier molecular flexibility index (Phi) is 5.31. The van der Waals surface area contributed by atoms with Gasteiger partial charge in [0.25, 0.3) is 0 Å². The Balaban J connectivity index is 1.58. The van der Waals surface area contributed by atoms with Gasteiger partial charge in [0.15, 0.2) is 0 Å². The molecule has 0 saturated carbocycles. The monoisotopic (exact) mass is 445 g/mol. The lowest BCUT2D eigenvalue weighted by Gasteiger charge is -2.38. The molecule has 0 bridgehead atoms. The van der Waals surface area contributed by atoms with Gasteiger partial charge in [-0.15, -0.1) is 0 Å². The van der Waals surface area contributed by atoms with Gasteiger partial charge in [-0.25, -0.2) is 4.39 Å². The van der Waals surface area contributed by atoms with E-state index < -0.39 is 0 Å². The van der Waals surface area contributed by atoms with Crippen LogP contribution in [0.3, 0.4) is 0 Å². The van der Waals surface area contributed by atoms with Crippen molar-refractivity contribution >= 4 is 34.1 Å². The molecule has 3 atom stereocenters. The molecule has 4 nitrogen and oxygen atoms in total. The zero-order valence-corrected chi connectivity index (χ0v) is 17.8. The first-order valence-electron chi connectivity index (χ1n) is 10.2. The molecule has 1 aromatic heterocycles. The van der Waals surface area contributed by atoms with Crippen molar-refractivity contribution in [2.45, 2.75) is 37.5 Å². The van der Waals surface area contributed by atoms with E-state index in [9.17, 15) is 4.39 Å². The van der Waals surface area contributed by atoms with Crippen LogP contribution >= 0.6 is 23.2 Å². The number of halogens is 3. The van der Waals surface area contributed by atoms with Gasteiger partial charge in [0.05, 0.1) is 6.04 Å². The average Bonchev–Trinajstić information content (AvgIpc) is 3.09. The number of fused-ring (bicyclic) bond motifs is 2. The van der Waals surface area contributed by atoms with Crippen molar-refractivity contribution in [3.8, 4) is 5.75 Å². The van der Waals surface area contributed by atoms with Crippen molar-refractivity contribution in [3.05, 3.63) is 69.6 Å². The van der Waals surface area contributed by atoms with Crippen molar-refractivity contribution in [1.82, 2.24) is 9.88 Å². The molecule has 1 aliphatic carbocycles. The van der Waals surface area contributed by atoms with E-state index in [0.29, 0.717) is 26.7 Å². The van der Waals surface area contributed by atoms with E-state index in [-0.39, 0.29) is 24.0 Å². The van der Waals surface area contributed by atoms with Crippen LogP contribution in [0.2, 0.25) is 10.0 Å². The molecule has 2 heterocycles. The van der Waals surface area contributed by atoms with E-state index in [1.807, 2.05) is 6.07 Å². The smallest absolute Gasteiger partial charge is 0.146 e. The van der Waals surface area contributed by atoms with Crippen LogP contribution in [-0.2, 0) is 6.42 Å². The SMILES string of the molecule is N[C@@H]1CCCN([C@H]2Cc3c(Cl)cc(Cl)cc3[C@H]2Oc2ccc(F)c3cccnc23)C1. The highest BCUT2D eigenvalue weighted by molar-refractivity contribution is 6.35. The Morgan fingerprint density at radius 3 is 2.90 bits per heavy atom. The lowest BCUT2D eigenvalue weighted by molar-refractivity contribution is 0.0600. The van der Waals surface area contributed by atoms with E-state index >= 15 is 0 Å². The summed E-state index contributed by atoms with van der Waals surface area (Å²) in [6, 6.07) is 10.4. The minimum absolute atomic E-state index is 0.0751. The number of hydrogen-bond acceptors (Lipinski definition) is 4. The summed E-state index contributed by atoms with van der Waals surface area (Å²) in [6.07, 6.45) is 4.19. The molecule has 5 rings (SSSR count). The molecule has 1 aliphatic heterocycles. The fraction of sp³-hybridized carbons (Fsp3) is 0.348. The number of nitrogens with zero attached hydrogens (tertiary/aromatic N) is 2. The molecule has 2 N–H and O–H groups in total. The molecule has 1 saturated heterocycles. The predicted octanol–water partition coefficient (Wildman–Crippen LogP) is 5.15.